The molecule has 2 heterocycles. The SMILES string of the molecule is CCN(CC)C(=O)[C@@H]1C=C2c3cccc4c3c(cn4C(C)=O)C[C@H]2N(C)C1. The highest BCUT2D eigenvalue weighted by Gasteiger charge is 2.37. The highest BCUT2D eigenvalue weighted by molar-refractivity contribution is 6.03. The van der Waals surface area contributed by atoms with Crippen molar-refractivity contribution in [2.45, 2.75) is 33.2 Å². The zero-order chi connectivity index (χ0) is 19.3. The normalized spacial score (nSPS) is 21.7. The maximum absolute atomic E-state index is 13.0. The van der Waals surface area contributed by atoms with Gasteiger partial charge in [-0.05, 0) is 50.1 Å². The second-order valence-corrected chi connectivity index (χ2v) is 7.64. The van der Waals surface area contributed by atoms with Gasteiger partial charge in [-0.2, -0.15) is 0 Å². The average Bonchev–Trinajstić information content (AvgIpc) is 3.04. The van der Waals surface area contributed by atoms with Crippen molar-refractivity contribution < 1.29 is 9.59 Å². The van der Waals surface area contributed by atoms with Crippen LogP contribution in [0.3, 0.4) is 0 Å². The van der Waals surface area contributed by atoms with Gasteiger partial charge in [-0.1, -0.05) is 18.2 Å². The minimum absolute atomic E-state index is 0.0326. The molecule has 0 N–H and O–H groups in total. The van der Waals surface area contributed by atoms with Gasteiger partial charge < -0.3 is 4.90 Å². The van der Waals surface area contributed by atoms with Crippen LogP contribution in [0.4, 0.5) is 0 Å². The number of likely N-dealkylation sites (N-methyl/N-ethyl adjacent to an activating group) is 1. The number of fused-ring (bicyclic) bond motifs is 2. The Morgan fingerprint density at radius 3 is 2.63 bits per heavy atom. The first kappa shape index (κ1) is 18.0. The van der Waals surface area contributed by atoms with E-state index in [1.807, 2.05) is 37.1 Å². The van der Waals surface area contributed by atoms with E-state index in [1.54, 1.807) is 11.5 Å². The summed E-state index contributed by atoms with van der Waals surface area (Å²) < 4.78 is 1.75. The van der Waals surface area contributed by atoms with E-state index in [1.165, 1.54) is 22.1 Å². The van der Waals surface area contributed by atoms with Crippen LogP contribution in [0.15, 0.2) is 30.5 Å². The van der Waals surface area contributed by atoms with Crippen molar-refractivity contribution >= 4 is 28.3 Å². The first-order valence-corrected chi connectivity index (χ1v) is 9.81. The molecular weight excluding hydrogens is 338 g/mol. The van der Waals surface area contributed by atoms with E-state index in [4.69, 9.17) is 0 Å². The fraction of sp³-hybridized carbons (Fsp3) is 0.455. The molecule has 2 aliphatic rings. The number of hydrogen-bond donors (Lipinski definition) is 0. The molecule has 0 spiro atoms. The predicted octanol–water partition coefficient (Wildman–Crippen LogP) is 3.04. The second kappa shape index (κ2) is 6.64. The molecule has 0 saturated heterocycles. The highest BCUT2D eigenvalue weighted by Crippen LogP contribution is 2.41. The molecule has 2 atom stereocenters. The van der Waals surface area contributed by atoms with Crippen LogP contribution in [-0.2, 0) is 11.2 Å². The van der Waals surface area contributed by atoms with E-state index < -0.39 is 0 Å². The topological polar surface area (TPSA) is 45.6 Å². The third kappa shape index (κ3) is 2.72. The molecule has 0 radical (unpaired) electrons. The molecule has 27 heavy (non-hydrogen) atoms. The van der Waals surface area contributed by atoms with Crippen molar-refractivity contribution in [2.75, 3.05) is 26.7 Å². The number of rotatable bonds is 3. The fourth-order valence-corrected chi connectivity index (χ4v) is 4.74. The van der Waals surface area contributed by atoms with Crippen LogP contribution in [0, 0.1) is 5.92 Å². The molecule has 142 valence electrons. The summed E-state index contributed by atoms with van der Waals surface area (Å²) in [5.41, 5.74) is 4.59. The number of hydrogen-bond acceptors (Lipinski definition) is 3. The van der Waals surface area contributed by atoms with E-state index in [9.17, 15) is 9.59 Å². The lowest BCUT2D eigenvalue weighted by Crippen LogP contribution is -2.47. The van der Waals surface area contributed by atoms with Gasteiger partial charge in [-0.25, -0.2) is 0 Å². The molecule has 1 amide bonds. The molecule has 0 bridgehead atoms. The van der Waals surface area contributed by atoms with Crippen LogP contribution in [0.25, 0.3) is 16.5 Å². The van der Waals surface area contributed by atoms with Crippen molar-refractivity contribution in [1.82, 2.24) is 14.4 Å². The minimum atomic E-state index is -0.118. The maximum atomic E-state index is 13.0. The van der Waals surface area contributed by atoms with Gasteiger partial charge in [0.05, 0.1) is 11.4 Å². The van der Waals surface area contributed by atoms with Crippen molar-refractivity contribution in [3.8, 4) is 0 Å². The summed E-state index contributed by atoms with van der Waals surface area (Å²) >= 11 is 0. The van der Waals surface area contributed by atoms with E-state index in [-0.39, 0.29) is 23.8 Å². The molecule has 5 nitrogen and oxygen atoms in total. The van der Waals surface area contributed by atoms with Crippen molar-refractivity contribution in [3.63, 3.8) is 0 Å². The molecule has 0 unspecified atom stereocenters. The highest BCUT2D eigenvalue weighted by atomic mass is 16.2. The minimum Gasteiger partial charge on any atom is -0.343 e. The van der Waals surface area contributed by atoms with Crippen LogP contribution in [0.2, 0.25) is 0 Å². The van der Waals surface area contributed by atoms with Crippen molar-refractivity contribution in [3.05, 3.63) is 41.6 Å². The molecule has 1 aliphatic heterocycles. The Morgan fingerprint density at radius 1 is 1.22 bits per heavy atom. The Bertz CT molecular complexity index is 952. The standard InChI is InChI=1S/C22H27N3O2/c1-5-24(6-2)22(27)16-10-18-17-8-7-9-19-21(17)15(13-25(19)14(3)26)11-20(18)23(4)12-16/h7-10,13,16,20H,5-6,11-12H2,1-4H3/t16-,20-/m1/s1. The van der Waals surface area contributed by atoms with Gasteiger partial charge in [-0.3, -0.25) is 19.1 Å². The molecule has 2 aromatic rings. The lowest BCUT2D eigenvalue weighted by atomic mass is 9.79. The summed E-state index contributed by atoms with van der Waals surface area (Å²) in [5, 5.41) is 1.17. The number of carbonyl (C=O) groups excluding carboxylic acids is 2. The van der Waals surface area contributed by atoms with Gasteiger partial charge in [0.15, 0.2) is 0 Å². The summed E-state index contributed by atoms with van der Waals surface area (Å²) in [6.07, 6.45) is 5.06. The van der Waals surface area contributed by atoms with Crippen LogP contribution in [0.5, 0.6) is 0 Å². The quantitative estimate of drug-likeness (QED) is 0.840. The van der Waals surface area contributed by atoms with E-state index in [2.05, 4.69) is 24.1 Å². The maximum Gasteiger partial charge on any atom is 0.230 e. The van der Waals surface area contributed by atoms with Crippen molar-refractivity contribution in [1.29, 1.82) is 0 Å². The summed E-state index contributed by atoms with van der Waals surface area (Å²) in [6, 6.07) is 6.41. The van der Waals surface area contributed by atoms with Crippen molar-refractivity contribution in [2.24, 2.45) is 5.92 Å². The van der Waals surface area contributed by atoms with Gasteiger partial charge in [0.1, 0.15) is 0 Å². The monoisotopic (exact) mass is 365 g/mol. The number of amides is 1. The largest absolute Gasteiger partial charge is 0.343 e. The fourth-order valence-electron chi connectivity index (χ4n) is 4.74. The average molecular weight is 365 g/mol. The summed E-state index contributed by atoms with van der Waals surface area (Å²) in [7, 11) is 2.10. The van der Waals surface area contributed by atoms with E-state index >= 15 is 0 Å². The third-order valence-corrected chi connectivity index (χ3v) is 6.12. The van der Waals surface area contributed by atoms with Crippen LogP contribution in [-0.4, -0.2) is 58.9 Å². The lowest BCUT2D eigenvalue weighted by molar-refractivity contribution is -0.134. The van der Waals surface area contributed by atoms with E-state index in [0.29, 0.717) is 0 Å². The predicted molar refractivity (Wildman–Crippen MR) is 108 cm³/mol. The molecule has 1 aromatic heterocycles. The van der Waals surface area contributed by atoms with Gasteiger partial charge in [0.2, 0.25) is 11.8 Å². The number of carbonyl (C=O) groups is 2. The lowest BCUT2D eigenvalue weighted by Gasteiger charge is -2.40. The van der Waals surface area contributed by atoms with Crippen LogP contribution < -0.4 is 0 Å². The zero-order valence-corrected chi connectivity index (χ0v) is 16.5. The van der Waals surface area contributed by atoms with Gasteiger partial charge in [0.25, 0.3) is 0 Å². The number of aromatic nitrogens is 1. The van der Waals surface area contributed by atoms with Gasteiger partial charge in [-0.15, -0.1) is 0 Å². The molecule has 1 aliphatic carbocycles. The van der Waals surface area contributed by atoms with Crippen LogP contribution >= 0.6 is 0 Å². The Labute approximate surface area is 160 Å². The van der Waals surface area contributed by atoms with Gasteiger partial charge >= 0.3 is 0 Å². The molecule has 0 fully saturated rings. The Kier molecular flexibility index (Phi) is 4.42. The van der Waals surface area contributed by atoms with E-state index in [0.717, 1.165) is 31.6 Å². The first-order valence-electron chi connectivity index (χ1n) is 9.81. The summed E-state index contributed by atoms with van der Waals surface area (Å²) in [4.78, 5) is 29.3. The Morgan fingerprint density at radius 2 is 1.96 bits per heavy atom. The Hall–Kier alpha value is -2.40. The smallest absolute Gasteiger partial charge is 0.230 e. The number of nitrogens with zero attached hydrogens (tertiary/aromatic N) is 3. The zero-order valence-electron chi connectivity index (χ0n) is 16.5. The molecule has 5 heteroatoms. The molecule has 1 aromatic carbocycles. The summed E-state index contributed by atoms with van der Waals surface area (Å²) in [6.45, 7) is 7.88. The summed E-state index contributed by atoms with van der Waals surface area (Å²) in [5.74, 6) is 0.120. The Balaban J connectivity index is 1.85. The molecule has 0 saturated carbocycles. The first-order chi connectivity index (χ1) is 13.0. The second-order valence-electron chi connectivity index (χ2n) is 7.64. The third-order valence-electron chi connectivity index (χ3n) is 6.12. The molecule has 4 rings (SSSR count). The van der Waals surface area contributed by atoms with Gasteiger partial charge in [0, 0.05) is 44.2 Å². The van der Waals surface area contributed by atoms with Crippen LogP contribution in [0.1, 0.15) is 36.7 Å². The molecular formula is C22H27N3O2. The number of benzene rings is 1.